The van der Waals surface area contributed by atoms with Crippen LogP contribution >= 0.6 is 0 Å². The third-order valence-corrected chi connectivity index (χ3v) is 3.81. The molecular weight excluding hydrogens is 202 g/mol. The average molecular weight is 225 g/mol. The maximum absolute atomic E-state index is 11.9. The number of carbonyl (C=O) groups is 1. The molecule has 0 aromatic heterocycles. The Morgan fingerprint density at radius 2 is 1.88 bits per heavy atom. The van der Waals surface area contributed by atoms with Crippen molar-refractivity contribution < 1.29 is 9.53 Å². The zero-order valence-corrected chi connectivity index (χ0v) is 10.4. The zero-order valence-electron chi connectivity index (χ0n) is 10.4. The van der Waals surface area contributed by atoms with Gasteiger partial charge in [0, 0.05) is 6.54 Å². The Kier molecular flexibility index (Phi) is 3.85. The highest BCUT2D eigenvalue weighted by Crippen LogP contribution is 2.31. The van der Waals surface area contributed by atoms with Crippen LogP contribution in [0.25, 0.3) is 0 Å². The number of esters is 1. The minimum atomic E-state index is 0.0244. The van der Waals surface area contributed by atoms with Crippen LogP contribution in [0.1, 0.15) is 39.5 Å². The lowest BCUT2D eigenvalue weighted by Crippen LogP contribution is -2.31. The van der Waals surface area contributed by atoms with E-state index in [-0.39, 0.29) is 18.0 Å². The van der Waals surface area contributed by atoms with Crippen LogP contribution in [0.5, 0.6) is 0 Å². The van der Waals surface area contributed by atoms with Crippen LogP contribution in [0.3, 0.4) is 0 Å². The fourth-order valence-electron chi connectivity index (χ4n) is 3.09. The van der Waals surface area contributed by atoms with Gasteiger partial charge < -0.3 is 10.1 Å². The Labute approximate surface area is 97.9 Å². The van der Waals surface area contributed by atoms with Crippen LogP contribution in [0.15, 0.2) is 0 Å². The van der Waals surface area contributed by atoms with Crippen molar-refractivity contribution >= 4 is 5.97 Å². The first-order valence-electron chi connectivity index (χ1n) is 6.56. The predicted molar refractivity (Wildman–Crippen MR) is 63.0 cm³/mol. The first kappa shape index (κ1) is 11.9. The molecular formula is C13H23NO2. The van der Waals surface area contributed by atoms with E-state index in [1.165, 1.54) is 6.42 Å². The van der Waals surface area contributed by atoms with Crippen molar-refractivity contribution in [1.82, 2.24) is 5.32 Å². The number of hydrogen-bond donors (Lipinski definition) is 1. The molecule has 3 unspecified atom stereocenters. The molecule has 16 heavy (non-hydrogen) atoms. The van der Waals surface area contributed by atoms with Gasteiger partial charge in [0.1, 0.15) is 6.10 Å². The smallest absolute Gasteiger partial charge is 0.310 e. The van der Waals surface area contributed by atoms with Gasteiger partial charge in [-0.05, 0) is 44.1 Å². The summed E-state index contributed by atoms with van der Waals surface area (Å²) >= 11 is 0. The fourth-order valence-corrected chi connectivity index (χ4v) is 3.09. The number of hydrogen-bond acceptors (Lipinski definition) is 3. The Morgan fingerprint density at radius 1 is 1.19 bits per heavy atom. The second-order valence-corrected chi connectivity index (χ2v) is 5.67. The van der Waals surface area contributed by atoms with Gasteiger partial charge in [0.05, 0.1) is 5.92 Å². The van der Waals surface area contributed by atoms with Crippen molar-refractivity contribution in [3.63, 3.8) is 0 Å². The first-order chi connectivity index (χ1) is 7.65. The molecule has 92 valence electrons. The normalized spacial score (nSPS) is 39.6. The molecule has 0 radical (unpaired) electrons. The second-order valence-electron chi connectivity index (χ2n) is 5.67. The van der Waals surface area contributed by atoms with Crippen molar-refractivity contribution in [2.45, 2.75) is 45.6 Å². The van der Waals surface area contributed by atoms with E-state index in [0.29, 0.717) is 11.8 Å². The Morgan fingerprint density at radius 3 is 2.44 bits per heavy atom. The topological polar surface area (TPSA) is 38.3 Å². The molecule has 3 heteroatoms. The van der Waals surface area contributed by atoms with Crippen LogP contribution in [0.4, 0.5) is 0 Å². The summed E-state index contributed by atoms with van der Waals surface area (Å²) in [7, 11) is 0. The minimum absolute atomic E-state index is 0.0244. The van der Waals surface area contributed by atoms with Gasteiger partial charge in [-0.15, -0.1) is 0 Å². The third kappa shape index (κ3) is 2.97. The highest BCUT2D eigenvalue weighted by molar-refractivity contribution is 5.73. The summed E-state index contributed by atoms with van der Waals surface area (Å²) < 4.78 is 5.64. The molecule has 0 bridgehead atoms. The lowest BCUT2D eigenvalue weighted by molar-refractivity contribution is -0.156. The van der Waals surface area contributed by atoms with Crippen LogP contribution < -0.4 is 5.32 Å². The van der Waals surface area contributed by atoms with Gasteiger partial charge >= 0.3 is 5.97 Å². The lowest BCUT2D eigenvalue weighted by atomic mass is 9.82. The molecule has 0 amide bonds. The van der Waals surface area contributed by atoms with E-state index in [1.807, 2.05) is 0 Å². The molecule has 2 fully saturated rings. The summed E-state index contributed by atoms with van der Waals surface area (Å²) in [5.74, 6) is 1.52. The molecule has 1 aliphatic carbocycles. The molecule has 1 heterocycles. The van der Waals surface area contributed by atoms with Crippen molar-refractivity contribution in [2.75, 3.05) is 13.1 Å². The second kappa shape index (κ2) is 5.17. The summed E-state index contributed by atoms with van der Waals surface area (Å²) in [5.41, 5.74) is 0. The summed E-state index contributed by atoms with van der Waals surface area (Å²) in [4.78, 5) is 11.9. The van der Waals surface area contributed by atoms with Crippen LogP contribution in [0, 0.1) is 17.8 Å². The van der Waals surface area contributed by atoms with E-state index in [0.717, 1.165) is 32.4 Å². The molecule has 2 rings (SSSR count). The molecule has 1 aliphatic heterocycles. The highest BCUT2D eigenvalue weighted by Gasteiger charge is 2.30. The third-order valence-electron chi connectivity index (χ3n) is 3.81. The van der Waals surface area contributed by atoms with Gasteiger partial charge in [-0.25, -0.2) is 0 Å². The van der Waals surface area contributed by atoms with Crippen molar-refractivity contribution in [3.05, 3.63) is 0 Å². The van der Waals surface area contributed by atoms with Gasteiger partial charge in [0.2, 0.25) is 0 Å². The van der Waals surface area contributed by atoms with Crippen molar-refractivity contribution in [3.8, 4) is 0 Å². The maximum Gasteiger partial charge on any atom is 0.310 e. The molecule has 3 atom stereocenters. The van der Waals surface area contributed by atoms with Crippen LogP contribution in [0.2, 0.25) is 0 Å². The summed E-state index contributed by atoms with van der Waals surface area (Å²) in [6, 6.07) is 0. The standard InChI is InChI=1S/C13H23NO2/c1-9-5-10(2)7-12(6-9)16-13(15)11-3-4-14-8-11/h9-12,14H,3-8H2,1-2H3. The predicted octanol–water partition coefficient (Wildman–Crippen LogP) is 1.96. The molecule has 1 saturated carbocycles. The van der Waals surface area contributed by atoms with Crippen LogP contribution in [-0.4, -0.2) is 25.2 Å². The number of ether oxygens (including phenoxy) is 1. The molecule has 1 saturated heterocycles. The SMILES string of the molecule is CC1CC(C)CC(OC(=O)C2CCNC2)C1. The van der Waals surface area contributed by atoms with E-state index >= 15 is 0 Å². The zero-order chi connectivity index (χ0) is 11.5. The highest BCUT2D eigenvalue weighted by atomic mass is 16.5. The quantitative estimate of drug-likeness (QED) is 0.730. The number of rotatable bonds is 2. The molecule has 0 aromatic rings. The summed E-state index contributed by atoms with van der Waals surface area (Å²) in [6.07, 6.45) is 4.49. The van der Waals surface area contributed by atoms with Crippen molar-refractivity contribution in [2.24, 2.45) is 17.8 Å². The van der Waals surface area contributed by atoms with Gasteiger partial charge in [-0.3, -0.25) is 4.79 Å². The van der Waals surface area contributed by atoms with Gasteiger partial charge in [0.25, 0.3) is 0 Å². The summed E-state index contributed by atoms with van der Waals surface area (Å²) in [6.45, 7) is 6.27. The number of nitrogens with one attached hydrogen (secondary N) is 1. The molecule has 2 aliphatic rings. The minimum Gasteiger partial charge on any atom is -0.462 e. The van der Waals surface area contributed by atoms with Gasteiger partial charge in [-0.1, -0.05) is 13.8 Å². The molecule has 0 spiro atoms. The van der Waals surface area contributed by atoms with Gasteiger partial charge in [0.15, 0.2) is 0 Å². The summed E-state index contributed by atoms with van der Waals surface area (Å²) in [5, 5.41) is 3.21. The Balaban J connectivity index is 1.81. The molecule has 3 nitrogen and oxygen atoms in total. The van der Waals surface area contributed by atoms with E-state index in [9.17, 15) is 4.79 Å². The van der Waals surface area contributed by atoms with Crippen LogP contribution in [-0.2, 0) is 9.53 Å². The Hall–Kier alpha value is -0.570. The fraction of sp³-hybridized carbons (Fsp3) is 0.923. The largest absolute Gasteiger partial charge is 0.462 e. The van der Waals surface area contributed by atoms with E-state index in [2.05, 4.69) is 19.2 Å². The maximum atomic E-state index is 11.9. The molecule has 0 aromatic carbocycles. The lowest BCUT2D eigenvalue weighted by Gasteiger charge is -2.31. The van der Waals surface area contributed by atoms with Crippen molar-refractivity contribution in [1.29, 1.82) is 0 Å². The van der Waals surface area contributed by atoms with E-state index in [1.54, 1.807) is 0 Å². The van der Waals surface area contributed by atoms with E-state index in [4.69, 9.17) is 4.74 Å². The molecule has 1 N–H and O–H groups in total. The van der Waals surface area contributed by atoms with E-state index < -0.39 is 0 Å². The number of carbonyl (C=O) groups excluding carboxylic acids is 1. The average Bonchev–Trinajstić information content (AvgIpc) is 2.68. The monoisotopic (exact) mass is 225 g/mol. The van der Waals surface area contributed by atoms with Gasteiger partial charge in [-0.2, -0.15) is 0 Å². The Bertz CT molecular complexity index is 238. The first-order valence-corrected chi connectivity index (χ1v) is 6.56.